The highest BCUT2D eigenvalue weighted by molar-refractivity contribution is 6.30. The molecule has 0 radical (unpaired) electrons. The number of aromatic nitrogens is 2. The van der Waals surface area contributed by atoms with Crippen LogP contribution in [0.25, 0.3) is 5.69 Å². The normalized spacial score (nSPS) is 18.1. The van der Waals surface area contributed by atoms with Crippen molar-refractivity contribution in [2.24, 2.45) is 5.92 Å². The van der Waals surface area contributed by atoms with Gasteiger partial charge in [-0.25, -0.2) is 0 Å². The highest BCUT2D eigenvalue weighted by Gasteiger charge is 2.25. The Morgan fingerprint density at radius 1 is 0.966 bits per heavy atom. The number of hydrogen-bond acceptors (Lipinski definition) is 4. The summed E-state index contributed by atoms with van der Waals surface area (Å²) in [6.45, 7) is 2.85. The van der Waals surface area contributed by atoms with Crippen molar-refractivity contribution in [3.8, 4) is 5.69 Å². The maximum absolute atomic E-state index is 12.7. The zero-order valence-corrected chi connectivity index (χ0v) is 17.4. The summed E-state index contributed by atoms with van der Waals surface area (Å²) in [5, 5.41) is 5.16. The van der Waals surface area contributed by atoms with Crippen LogP contribution in [0, 0.1) is 5.92 Å². The monoisotopic (exact) mass is 414 g/mol. The van der Waals surface area contributed by atoms with E-state index in [-0.39, 0.29) is 11.5 Å². The molecule has 154 valence electrons. The van der Waals surface area contributed by atoms with Gasteiger partial charge in [0.2, 0.25) is 5.91 Å². The molecule has 29 heavy (non-hydrogen) atoms. The number of amides is 1. The van der Waals surface area contributed by atoms with Crippen LogP contribution < -0.4 is 10.5 Å². The minimum absolute atomic E-state index is 0.183. The van der Waals surface area contributed by atoms with Crippen LogP contribution >= 0.6 is 11.6 Å². The van der Waals surface area contributed by atoms with E-state index in [1.165, 1.54) is 42.9 Å². The third-order valence-electron chi connectivity index (χ3n) is 6.00. The molecule has 7 heteroatoms. The first kappa shape index (κ1) is 20.0. The summed E-state index contributed by atoms with van der Waals surface area (Å²) in [6, 6.07) is 10.3. The maximum Gasteiger partial charge on any atom is 0.271 e. The predicted octanol–water partition coefficient (Wildman–Crippen LogP) is 3.50. The molecule has 2 fully saturated rings. The van der Waals surface area contributed by atoms with E-state index < -0.39 is 0 Å². The zero-order chi connectivity index (χ0) is 20.2. The van der Waals surface area contributed by atoms with Crippen molar-refractivity contribution in [1.82, 2.24) is 14.7 Å². The third-order valence-corrected chi connectivity index (χ3v) is 6.25. The number of benzene rings is 1. The van der Waals surface area contributed by atoms with Crippen LogP contribution in [0.5, 0.6) is 0 Å². The molecule has 1 saturated carbocycles. The summed E-state index contributed by atoms with van der Waals surface area (Å²) in [7, 11) is 0. The van der Waals surface area contributed by atoms with Crippen LogP contribution in [0.4, 0.5) is 5.82 Å². The average molecular weight is 415 g/mol. The minimum Gasteiger partial charge on any atom is -0.352 e. The number of carbonyl (C=O) groups excluding carboxylic acids is 1. The van der Waals surface area contributed by atoms with Gasteiger partial charge in [0.05, 0.1) is 5.69 Å². The standard InChI is InChI=1S/C22H27ClN4O2/c23-18-6-8-19(9-7-18)27-21(28)11-10-20(24-27)25-12-14-26(15-13-25)22(29)16-17-4-2-1-3-5-17/h6-11,17H,1-5,12-16H2. The van der Waals surface area contributed by atoms with Crippen LogP contribution in [0.15, 0.2) is 41.2 Å². The Morgan fingerprint density at radius 3 is 2.34 bits per heavy atom. The van der Waals surface area contributed by atoms with Crippen molar-refractivity contribution in [3.63, 3.8) is 0 Å². The van der Waals surface area contributed by atoms with Gasteiger partial charge in [0.1, 0.15) is 5.82 Å². The van der Waals surface area contributed by atoms with Crippen molar-refractivity contribution >= 4 is 23.3 Å². The number of anilines is 1. The van der Waals surface area contributed by atoms with E-state index in [1.807, 2.05) is 4.90 Å². The highest BCUT2D eigenvalue weighted by atomic mass is 35.5. The quantitative estimate of drug-likeness (QED) is 0.768. The second-order valence-electron chi connectivity index (χ2n) is 7.99. The number of halogens is 1. The molecule has 0 spiro atoms. The fourth-order valence-corrected chi connectivity index (χ4v) is 4.42. The summed E-state index contributed by atoms with van der Waals surface area (Å²) < 4.78 is 1.40. The maximum atomic E-state index is 12.7. The average Bonchev–Trinajstić information content (AvgIpc) is 2.76. The van der Waals surface area contributed by atoms with E-state index in [0.717, 1.165) is 18.9 Å². The molecule has 1 aliphatic heterocycles. The Morgan fingerprint density at radius 2 is 1.66 bits per heavy atom. The Bertz CT molecular complexity index is 898. The van der Waals surface area contributed by atoms with Gasteiger partial charge < -0.3 is 9.80 Å². The summed E-state index contributed by atoms with van der Waals surface area (Å²) in [4.78, 5) is 29.0. The molecule has 2 aliphatic rings. The third kappa shape index (κ3) is 4.81. The van der Waals surface area contributed by atoms with E-state index in [4.69, 9.17) is 11.6 Å². The van der Waals surface area contributed by atoms with Crippen LogP contribution in [0.3, 0.4) is 0 Å². The molecule has 2 aromatic rings. The number of nitrogens with zero attached hydrogens (tertiary/aromatic N) is 4. The number of rotatable bonds is 4. The second-order valence-corrected chi connectivity index (χ2v) is 8.43. The topological polar surface area (TPSA) is 58.4 Å². The van der Waals surface area contributed by atoms with Crippen LogP contribution in [0.1, 0.15) is 38.5 Å². The molecule has 1 aliphatic carbocycles. The van der Waals surface area contributed by atoms with Crippen molar-refractivity contribution in [3.05, 3.63) is 51.8 Å². The molecule has 1 amide bonds. The van der Waals surface area contributed by atoms with Crippen molar-refractivity contribution < 1.29 is 4.79 Å². The molecule has 1 aromatic carbocycles. The lowest BCUT2D eigenvalue weighted by molar-refractivity contribution is -0.132. The van der Waals surface area contributed by atoms with Gasteiger partial charge in [-0.05, 0) is 49.1 Å². The Balaban J connectivity index is 1.39. The molecule has 1 aromatic heterocycles. The van der Waals surface area contributed by atoms with E-state index in [0.29, 0.717) is 36.1 Å². The van der Waals surface area contributed by atoms with Gasteiger partial charge in [-0.1, -0.05) is 30.9 Å². The summed E-state index contributed by atoms with van der Waals surface area (Å²) in [6.07, 6.45) is 6.93. The smallest absolute Gasteiger partial charge is 0.271 e. The first-order chi connectivity index (χ1) is 14.1. The lowest BCUT2D eigenvalue weighted by Crippen LogP contribution is -2.49. The lowest BCUT2D eigenvalue weighted by Gasteiger charge is -2.36. The summed E-state index contributed by atoms with van der Waals surface area (Å²) >= 11 is 5.94. The number of carbonyl (C=O) groups is 1. The number of hydrogen-bond donors (Lipinski definition) is 0. The Labute approximate surface area is 176 Å². The van der Waals surface area contributed by atoms with Gasteiger partial charge in [-0.15, -0.1) is 5.10 Å². The molecule has 2 heterocycles. The van der Waals surface area contributed by atoms with Gasteiger partial charge in [0, 0.05) is 43.7 Å². The highest BCUT2D eigenvalue weighted by Crippen LogP contribution is 2.27. The van der Waals surface area contributed by atoms with E-state index in [9.17, 15) is 9.59 Å². The van der Waals surface area contributed by atoms with Crippen molar-refractivity contribution in [2.75, 3.05) is 31.1 Å². The fraction of sp³-hybridized carbons (Fsp3) is 0.500. The molecule has 6 nitrogen and oxygen atoms in total. The molecule has 0 N–H and O–H groups in total. The molecule has 0 atom stereocenters. The van der Waals surface area contributed by atoms with Gasteiger partial charge in [0.15, 0.2) is 0 Å². The molecule has 4 rings (SSSR count). The molecular weight excluding hydrogens is 388 g/mol. The minimum atomic E-state index is -0.183. The zero-order valence-electron chi connectivity index (χ0n) is 16.6. The lowest BCUT2D eigenvalue weighted by atomic mass is 9.86. The van der Waals surface area contributed by atoms with E-state index in [2.05, 4.69) is 10.00 Å². The summed E-state index contributed by atoms with van der Waals surface area (Å²) in [5.74, 6) is 1.61. The van der Waals surface area contributed by atoms with Gasteiger partial charge >= 0.3 is 0 Å². The van der Waals surface area contributed by atoms with E-state index in [1.54, 1.807) is 30.3 Å². The first-order valence-electron chi connectivity index (χ1n) is 10.5. The summed E-state index contributed by atoms with van der Waals surface area (Å²) in [5.41, 5.74) is 0.500. The van der Waals surface area contributed by atoms with Crippen LogP contribution in [-0.2, 0) is 4.79 Å². The SMILES string of the molecule is O=C(CC1CCCCC1)N1CCN(c2ccc(=O)n(-c3ccc(Cl)cc3)n2)CC1. The van der Waals surface area contributed by atoms with Gasteiger partial charge in [-0.3, -0.25) is 9.59 Å². The molecule has 0 unspecified atom stereocenters. The van der Waals surface area contributed by atoms with Crippen LogP contribution in [-0.4, -0.2) is 46.8 Å². The first-order valence-corrected chi connectivity index (χ1v) is 10.9. The molecule has 0 bridgehead atoms. The molecular formula is C22H27ClN4O2. The number of piperazine rings is 1. The molecule has 1 saturated heterocycles. The Kier molecular flexibility index (Phi) is 6.19. The van der Waals surface area contributed by atoms with Crippen molar-refractivity contribution in [1.29, 1.82) is 0 Å². The fourth-order valence-electron chi connectivity index (χ4n) is 4.29. The van der Waals surface area contributed by atoms with E-state index >= 15 is 0 Å². The predicted molar refractivity (Wildman–Crippen MR) is 115 cm³/mol. The van der Waals surface area contributed by atoms with Crippen LogP contribution in [0.2, 0.25) is 5.02 Å². The largest absolute Gasteiger partial charge is 0.352 e. The van der Waals surface area contributed by atoms with Crippen molar-refractivity contribution in [2.45, 2.75) is 38.5 Å². The Hall–Kier alpha value is -2.34. The second kappa shape index (κ2) is 8.99. The van der Waals surface area contributed by atoms with Gasteiger partial charge in [0.25, 0.3) is 5.56 Å². The van der Waals surface area contributed by atoms with Gasteiger partial charge in [-0.2, -0.15) is 4.68 Å².